The summed E-state index contributed by atoms with van der Waals surface area (Å²) in [5.74, 6) is 0.952. The van der Waals surface area contributed by atoms with Gasteiger partial charge in [-0.15, -0.1) is 24.8 Å². The Morgan fingerprint density at radius 1 is 1.17 bits per heavy atom. The Bertz CT molecular complexity index is 354. The summed E-state index contributed by atoms with van der Waals surface area (Å²) in [5.41, 5.74) is -0.572. The summed E-state index contributed by atoms with van der Waals surface area (Å²) in [7, 11) is 1.69. The van der Waals surface area contributed by atoms with Crippen LogP contribution in [0.25, 0.3) is 0 Å². The van der Waals surface area contributed by atoms with E-state index >= 15 is 0 Å². The molecule has 2 rings (SSSR count). The zero-order valence-electron chi connectivity index (χ0n) is 15.4. The van der Waals surface area contributed by atoms with Gasteiger partial charge in [0.15, 0.2) is 0 Å². The van der Waals surface area contributed by atoms with Crippen LogP contribution in [0.3, 0.4) is 0 Å². The molecule has 0 aromatic carbocycles. The topological polar surface area (TPSA) is 44.8 Å². The van der Waals surface area contributed by atoms with Crippen LogP contribution in [-0.4, -0.2) is 74.2 Å². The first kappa shape index (κ1) is 23.9. The molecule has 2 heterocycles. The Balaban J connectivity index is 0.00000264. The highest BCUT2D eigenvalue weighted by atomic mass is 35.5. The standard InChI is InChI=1S/C17H33N3O2.2ClH/c1-4-19(5-2)14-15-6-12-20(13-7-15)16(21)17(22-3)8-10-18-11-9-17;;/h15,18H,4-14H2,1-3H3;2*1H. The van der Waals surface area contributed by atoms with Crippen LogP contribution >= 0.6 is 24.8 Å². The molecule has 0 bridgehead atoms. The molecule has 24 heavy (non-hydrogen) atoms. The largest absolute Gasteiger partial charge is 0.368 e. The number of carbonyl (C=O) groups excluding carboxylic acids is 1. The van der Waals surface area contributed by atoms with Crippen molar-refractivity contribution in [2.45, 2.75) is 45.1 Å². The molecule has 144 valence electrons. The van der Waals surface area contributed by atoms with E-state index in [1.54, 1.807) is 7.11 Å². The second kappa shape index (κ2) is 11.5. The number of likely N-dealkylation sites (tertiary alicyclic amines) is 1. The lowest BCUT2D eigenvalue weighted by molar-refractivity contribution is -0.159. The van der Waals surface area contributed by atoms with Crippen molar-refractivity contribution in [1.82, 2.24) is 15.1 Å². The number of carbonyl (C=O) groups is 1. The molecule has 7 heteroatoms. The number of nitrogens with one attached hydrogen (secondary N) is 1. The molecule has 0 aliphatic carbocycles. The van der Waals surface area contributed by atoms with Crippen LogP contribution in [0.2, 0.25) is 0 Å². The van der Waals surface area contributed by atoms with Crippen molar-refractivity contribution in [3.05, 3.63) is 0 Å². The van der Waals surface area contributed by atoms with Gasteiger partial charge in [0.05, 0.1) is 0 Å². The van der Waals surface area contributed by atoms with E-state index in [4.69, 9.17) is 4.74 Å². The molecule has 5 nitrogen and oxygen atoms in total. The molecule has 2 aliphatic rings. The number of methoxy groups -OCH3 is 1. The van der Waals surface area contributed by atoms with Crippen molar-refractivity contribution in [1.29, 1.82) is 0 Å². The zero-order chi connectivity index (χ0) is 16.0. The van der Waals surface area contributed by atoms with Gasteiger partial charge in [-0.3, -0.25) is 4.79 Å². The number of piperidine rings is 2. The van der Waals surface area contributed by atoms with E-state index in [-0.39, 0.29) is 30.7 Å². The molecule has 1 N–H and O–H groups in total. The van der Waals surface area contributed by atoms with E-state index in [0.29, 0.717) is 0 Å². The Morgan fingerprint density at radius 2 is 1.71 bits per heavy atom. The van der Waals surface area contributed by atoms with Crippen LogP contribution in [0.1, 0.15) is 39.5 Å². The maximum absolute atomic E-state index is 12.9. The molecule has 0 unspecified atom stereocenters. The number of ether oxygens (including phenoxy) is 1. The number of halogens is 2. The second-order valence-corrected chi connectivity index (χ2v) is 6.67. The van der Waals surface area contributed by atoms with E-state index in [1.165, 1.54) is 6.54 Å². The van der Waals surface area contributed by atoms with E-state index in [0.717, 1.165) is 70.9 Å². The summed E-state index contributed by atoms with van der Waals surface area (Å²) in [6.45, 7) is 11.4. The molecule has 1 amide bonds. The average Bonchev–Trinajstić information content (AvgIpc) is 2.60. The maximum atomic E-state index is 12.9. The lowest BCUT2D eigenvalue weighted by Gasteiger charge is -2.41. The third-order valence-corrected chi connectivity index (χ3v) is 5.50. The average molecular weight is 384 g/mol. The van der Waals surface area contributed by atoms with Gasteiger partial charge < -0.3 is 19.9 Å². The minimum atomic E-state index is -0.572. The highest BCUT2D eigenvalue weighted by Gasteiger charge is 2.43. The van der Waals surface area contributed by atoms with Gasteiger partial charge in [0.1, 0.15) is 5.60 Å². The van der Waals surface area contributed by atoms with Gasteiger partial charge in [-0.25, -0.2) is 0 Å². The van der Waals surface area contributed by atoms with E-state index in [2.05, 4.69) is 24.1 Å². The molecule has 2 fully saturated rings. The molecular formula is C17H35Cl2N3O2. The SMILES string of the molecule is CCN(CC)CC1CCN(C(=O)C2(OC)CCNCC2)CC1.Cl.Cl. The molecule has 0 radical (unpaired) electrons. The van der Waals surface area contributed by atoms with Crippen LogP contribution < -0.4 is 5.32 Å². The van der Waals surface area contributed by atoms with Crippen molar-refractivity contribution in [3.63, 3.8) is 0 Å². The third-order valence-electron chi connectivity index (χ3n) is 5.50. The Morgan fingerprint density at radius 3 is 2.17 bits per heavy atom. The third kappa shape index (κ3) is 5.73. The number of hydrogen-bond donors (Lipinski definition) is 1. The van der Waals surface area contributed by atoms with Crippen molar-refractivity contribution in [3.8, 4) is 0 Å². The monoisotopic (exact) mass is 383 g/mol. The maximum Gasteiger partial charge on any atom is 0.254 e. The van der Waals surface area contributed by atoms with E-state index in [9.17, 15) is 4.79 Å². The lowest BCUT2D eigenvalue weighted by atomic mass is 9.88. The van der Waals surface area contributed by atoms with Crippen LogP contribution in [-0.2, 0) is 9.53 Å². The second-order valence-electron chi connectivity index (χ2n) is 6.67. The van der Waals surface area contributed by atoms with Gasteiger partial charge in [-0.1, -0.05) is 13.8 Å². The number of rotatable bonds is 6. The molecule has 0 saturated carbocycles. The molecule has 2 aliphatic heterocycles. The molecule has 0 aromatic rings. The number of nitrogens with zero attached hydrogens (tertiary/aromatic N) is 2. The van der Waals surface area contributed by atoms with Crippen LogP contribution in [0.15, 0.2) is 0 Å². The lowest BCUT2D eigenvalue weighted by Crippen LogP contribution is -2.57. The van der Waals surface area contributed by atoms with Gasteiger partial charge in [0.2, 0.25) is 0 Å². The number of amides is 1. The predicted molar refractivity (Wildman–Crippen MR) is 103 cm³/mol. The first-order valence-corrected chi connectivity index (χ1v) is 8.92. The fourth-order valence-corrected chi connectivity index (χ4v) is 3.79. The zero-order valence-corrected chi connectivity index (χ0v) is 17.0. The molecule has 0 spiro atoms. The molecule has 0 aromatic heterocycles. The van der Waals surface area contributed by atoms with Gasteiger partial charge in [-0.2, -0.15) is 0 Å². The fraction of sp³-hybridized carbons (Fsp3) is 0.941. The Hall–Kier alpha value is -0.0700. The van der Waals surface area contributed by atoms with Crippen LogP contribution in [0, 0.1) is 5.92 Å². The van der Waals surface area contributed by atoms with Crippen LogP contribution in [0.4, 0.5) is 0 Å². The first-order chi connectivity index (χ1) is 10.6. The molecular weight excluding hydrogens is 349 g/mol. The minimum absolute atomic E-state index is 0. The highest BCUT2D eigenvalue weighted by Crippen LogP contribution is 2.28. The predicted octanol–water partition coefficient (Wildman–Crippen LogP) is 2.18. The minimum Gasteiger partial charge on any atom is -0.368 e. The smallest absolute Gasteiger partial charge is 0.254 e. The first-order valence-electron chi connectivity index (χ1n) is 8.92. The normalized spacial score (nSPS) is 21.1. The van der Waals surface area contributed by atoms with Gasteiger partial charge >= 0.3 is 0 Å². The van der Waals surface area contributed by atoms with E-state index in [1.807, 2.05) is 4.90 Å². The van der Waals surface area contributed by atoms with Crippen molar-refractivity contribution in [2.24, 2.45) is 5.92 Å². The van der Waals surface area contributed by atoms with Crippen molar-refractivity contribution >= 4 is 30.7 Å². The van der Waals surface area contributed by atoms with Crippen molar-refractivity contribution in [2.75, 3.05) is 52.9 Å². The van der Waals surface area contributed by atoms with Gasteiger partial charge in [0.25, 0.3) is 5.91 Å². The summed E-state index contributed by atoms with van der Waals surface area (Å²) in [4.78, 5) is 17.5. The highest BCUT2D eigenvalue weighted by molar-refractivity contribution is 5.86. The Kier molecular flexibility index (Phi) is 11.5. The fourth-order valence-electron chi connectivity index (χ4n) is 3.79. The number of hydrogen-bond acceptors (Lipinski definition) is 4. The Labute approximate surface area is 159 Å². The molecule has 2 saturated heterocycles. The summed E-state index contributed by atoms with van der Waals surface area (Å²) in [6, 6.07) is 0. The van der Waals surface area contributed by atoms with E-state index < -0.39 is 5.60 Å². The molecule has 0 atom stereocenters. The summed E-state index contributed by atoms with van der Waals surface area (Å²) in [5, 5.41) is 3.32. The van der Waals surface area contributed by atoms with Crippen molar-refractivity contribution < 1.29 is 9.53 Å². The summed E-state index contributed by atoms with van der Waals surface area (Å²) >= 11 is 0. The van der Waals surface area contributed by atoms with Gasteiger partial charge in [-0.05, 0) is 57.8 Å². The van der Waals surface area contributed by atoms with Gasteiger partial charge in [0, 0.05) is 26.7 Å². The summed E-state index contributed by atoms with van der Waals surface area (Å²) in [6.07, 6.45) is 3.84. The van der Waals surface area contributed by atoms with Crippen LogP contribution in [0.5, 0.6) is 0 Å². The summed E-state index contributed by atoms with van der Waals surface area (Å²) < 4.78 is 5.68. The quantitative estimate of drug-likeness (QED) is 0.763.